The van der Waals surface area contributed by atoms with Gasteiger partial charge in [0.2, 0.25) is 0 Å². The van der Waals surface area contributed by atoms with Gasteiger partial charge in [-0.1, -0.05) is 27.8 Å². The minimum atomic E-state index is -0.995. The minimum Gasteiger partial charge on any atom is -0.478 e. The van der Waals surface area contributed by atoms with Crippen LogP contribution in [0.3, 0.4) is 0 Å². The van der Waals surface area contributed by atoms with Crippen molar-refractivity contribution in [2.45, 2.75) is 13.8 Å². The number of esters is 1. The molecule has 0 spiro atoms. The first-order chi connectivity index (χ1) is 8.56. The predicted molar refractivity (Wildman–Crippen MR) is 72.4 cm³/mol. The Morgan fingerprint density at radius 3 is 2.22 bits per heavy atom. The van der Waals surface area contributed by atoms with Crippen LogP contribution in [0.15, 0.2) is 18.2 Å². The van der Waals surface area contributed by atoms with Gasteiger partial charge in [0.15, 0.2) is 0 Å². The van der Waals surface area contributed by atoms with Gasteiger partial charge >= 0.3 is 11.9 Å². The van der Waals surface area contributed by atoms with E-state index in [2.05, 4.69) is 0 Å². The van der Waals surface area contributed by atoms with Crippen LogP contribution < -0.4 is 5.30 Å². The van der Waals surface area contributed by atoms with E-state index in [-0.39, 0.29) is 5.56 Å². The van der Waals surface area contributed by atoms with Crippen molar-refractivity contribution in [2.75, 3.05) is 19.4 Å². The number of methoxy groups -OCH3 is 1. The maximum atomic E-state index is 11.7. The molecular formula is C13H17O4P. The number of hydrogen-bond acceptors (Lipinski definition) is 3. The van der Waals surface area contributed by atoms with E-state index in [1.54, 1.807) is 18.2 Å². The number of carbonyl (C=O) groups excluding carboxylic acids is 1. The summed E-state index contributed by atoms with van der Waals surface area (Å²) in [7, 11) is 0.660. The van der Waals surface area contributed by atoms with Crippen LogP contribution in [0.2, 0.25) is 0 Å². The predicted octanol–water partition coefficient (Wildman–Crippen LogP) is 2.32. The number of rotatable bonds is 5. The van der Waals surface area contributed by atoms with Crippen molar-refractivity contribution >= 4 is 25.2 Å². The van der Waals surface area contributed by atoms with Crippen molar-refractivity contribution in [3.63, 3.8) is 0 Å². The normalized spacial score (nSPS) is 10.4. The van der Waals surface area contributed by atoms with Gasteiger partial charge in [-0.05, 0) is 24.5 Å². The van der Waals surface area contributed by atoms with Gasteiger partial charge in [0.1, 0.15) is 0 Å². The summed E-state index contributed by atoms with van der Waals surface area (Å²) >= 11 is 0. The van der Waals surface area contributed by atoms with Crippen molar-refractivity contribution in [2.24, 2.45) is 0 Å². The first-order valence-electron chi connectivity index (χ1n) is 5.76. The Morgan fingerprint density at radius 2 is 1.78 bits per heavy atom. The van der Waals surface area contributed by atoms with Crippen molar-refractivity contribution < 1.29 is 19.4 Å². The van der Waals surface area contributed by atoms with Gasteiger partial charge in [0, 0.05) is 5.30 Å². The van der Waals surface area contributed by atoms with Gasteiger partial charge in [0.25, 0.3) is 0 Å². The molecule has 5 heteroatoms. The highest BCUT2D eigenvalue weighted by Gasteiger charge is 2.23. The first-order valence-corrected chi connectivity index (χ1v) is 7.47. The third-order valence-corrected chi connectivity index (χ3v) is 5.39. The minimum absolute atomic E-state index is 0.215. The largest absolute Gasteiger partial charge is 0.478 e. The average molecular weight is 268 g/mol. The van der Waals surface area contributed by atoms with Gasteiger partial charge in [-0.25, -0.2) is 9.59 Å². The molecule has 98 valence electrons. The number of benzene rings is 1. The van der Waals surface area contributed by atoms with Crippen LogP contribution in [0.25, 0.3) is 0 Å². The summed E-state index contributed by atoms with van der Waals surface area (Å²) in [5.41, 5.74) is 0.597. The lowest BCUT2D eigenvalue weighted by Gasteiger charge is -2.19. The fourth-order valence-electron chi connectivity index (χ4n) is 1.87. The number of carbonyl (C=O) groups is 2. The second kappa shape index (κ2) is 6.50. The molecule has 4 nitrogen and oxygen atoms in total. The van der Waals surface area contributed by atoms with Crippen LogP contribution >= 0.6 is 7.92 Å². The molecule has 0 aliphatic rings. The molecule has 1 aromatic rings. The Bertz CT molecular complexity index is 452. The van der Waals surface area contributed by atoms with E-state index in [0.717, 1.165) is 12.3 Å². The monoisotopic (exact) mass is 268 g/mol. The van der Waals surface area contributed by atoms with Crippen LogP contribution in [0.1, 0.15) is 34.6 Å². The summed E-state index contributed by atoms with van der Waals surface area (Å²) in [5, 5.41) is 9.89. The molecule has 0 heterocycles. The molecule has 0 amide bonds. The van der Waals surface area contributed by atoms with Crippen LogP contribution in [0, 0.1) is 0 Å². The average Bonchev–Trinajstić information content (AvgIpc) is 2.39. The zero-order chi connectivity index (χ0) is 13.7. The van der Waals surface area contributed by atoms with E-state index in [0.29, 0.717) is 10.9 Å². The van der Waals surface area contributed by atoms with Crippen molar-refractivity contribution in [3.8, 4) is 0 Å². The highest BCUT2D eigenvalue weighted by Crippen LogP contribution is 2.36. The van der Waals surface area contributed by atoms with Gasteiger partial charge < -0.3 is 9.84 Å². The Labute approximate surface area is 108 Å². The zero-order valence-corrected chi connectivity index (χ0v) is 11.7. The molecule has 0 radical (unpaired) electrons. The summed E-state index contributed by atoms with van der Waals surface area (Å²) in [5.74, 6) is -1.47. The quantitative estimate of drug-likeness (QED) is 0.657. The molecule has 0 unspecified atom stereocenters. The Hall–Kier alpha value is -1.41. The molecule has 0 aliphatic carbocycles. The third-order valence-electron chi connectivity index (χ3n) is 2.75. The lowest BCUT2D eigenvalue weighted by molar-refractivity contribution is 0.0602. The SMILES string of the molecule is CCP(CC)c1c(C(=O)O)cccc1C(=O)OC. The molecule has 0 saturated carbocycles. The molecule has 1 aromatic carbocycles. The smallest absolute Gasteiger partial charge is 0.338 e. The molecule has 0 aromatic heterocycles. The lowest BCUT2D eigenvalue weighted by Crippen LogP contribution is -2.23. The van der Waals surface area contributed by atoms with Crippen LogP contribution in [0.5, 0.6) is 0 Å². The Kier molecular flexibility index (Phi) is 5.29. The van der Waals surface area contributed by atoms with Gasteiger partial charge in [-0.15, -0.1) is 0 Å². The summed E-state index contributed by atoms with van der Waals surface area (Å²) in [6.45, 7) is 4.02. The van der Waals surface area contributed by atoms with E-state index >= 15 is 0 Å². The number of ether oxygens (including phenoxy) is 1. The topological polar surface area (TPSA) is 63.6 Å². The standard InChI is InChI=1S/C13H17O4P/c1-4-18(5-2)11-9(12(14)15)7-6-8-10(11)13(16)17-3/h6-8H,4-5H2,1-3H3,(H,14,15). The van der Waals surface area contributed by atoms with Crippen molar-refractivity contribution in [1.29, 1.82) is 0 Å². The van der Waals surface area contributed by atoms with E-state index in [1.807, 2.05) is 13.8 Å². The maximum Gasteiger partial charge on any atom is 0.338 e. The highest BCUT2D eigenvalue weighted by molar-refractivity contribution is 7.65. The van der Waals surface area contributed by atoms with Gasteiger partial charge in [-0.3, -0.25) is 0 Å². The van der Waals surface area contributed by atoms with E-state index in [9.17, 15) is 14.7 Å². The highest BCUT2D eigenvalue weighted by atomic mass is 31.1. The molecule has 0 bridgehead atoms. The zero-order valence-electron chi connectivity index (χ0n) is 10.8. The summed E-state index contributed by atoms with van der Waals surface area (Å²) in [6, 6.07) is 4.76. The van der Waals surface area contributed by atoms with Crippen LogP contribution in [0.4, 0.5) is 0 Å². The van der Waals surface area contributed by atoms with Crippen LogP contribution in [-0.4, -0.2) is 36.5 Å². The van der Waals surface area contributed by atoms with Crippen LogP contribution in [-0.2, 0) is 4.74 Å². The maximum absolute atomic E-state index is 11.7. The molecule has 0 saturated heterocycles. The summed E-state index contributed by atoms with van der Waals surface area (Å²) in [4.78, 5) is 23.0. The molecule has 0 aliphatic heterocycles. The Balaban J connectivity index is 3.47. The fraction of sp³-hybridized carbons (Fsp3) is 0.385. The second-order valence-electron chi connectivity index (χ2n) is 3.67. The molecule has 1 N–H and O–H groups in total. The third kappa shape index (κ3) is 2.88. The van der Waals surface area contributed by atoms with E-state index in [1.165, 1.54) is 7.11 Å². The van der Waals surface area contributed by atoms with E-state index < -0.39 is 19.9 Å². The molecule has 18 heavy (non-hydrogen) atoms. The molecule has 0 atom stereocenters. The number of hydrogen-bond donors (Lipinski definition) is 1. The summed E-state index contributed by atoms with van der Waals surface area (Å²) in [6.07, 6.45) is 1.69. The number of aromatic carboxylic acids is 1. The summed E-state index contributed by atoms with van der Waals surface area (Å²) < 4.78 is 4.73. The van der Waals surface area contributed by atoms with Crippen molar-refractivity contribution in [1.82, 2.24) is 0 Å². The molecule has 1 rings (SSSR count). The van der Waals surface area contributed by atoms with Crippen molar-refractivity contribution in [3.05, 3.63) is 29.3 Å². The second-order valence-corrected chi connectivity index (χ2v) is 6.46. The number of carboxylic acids is 1. The van der Waals surface area contributed by atoms with Gasteiger partial charge in [-0.2, -0.15) is 0 Å². The molecule has 0 fully saturated rings. The number of carboxylic acid groups (broad SMARTS) is 1. The van der Waals surface area contributed by atoms with Gasteiger partial charge in [0.05, 0.1) is 18.2 Å². The van der Waals surface area contributed by atoms with E-state index in [4.69, 9.17) is 4.74 Å². The molecular weight excluding hydrogens is 251 g/mol. The Morgan fingerprint density at radius 1 is 1.22 bits per heavy atom. The first kappa shape index (κ1) is 14.7. The lowest BCUT2D eigenvalue weighted by atomic mass is 10.1. The fourth-order valence-corrected chi connectivity index (χ4v) is 3.97.